The summed E-state index contributed by atoms with van der Waals surface area (Å²) in [5, 5.41) is 2.75. The van der Waals surface area contributed by atoms with Crippen molar-refractivity contribution in [2.45, 2.75) is 52.0 Å². The maximum absolute atomic E-state index is 14.7. The van der Waals surface area contributed by atoms with E-state index in [2.05, 4.69) is 5.32 Å². The number of carbonyl (C=O) groups is 3. The molecule has 2 saturated heterocycles. The highest BCUT2D eigenvalue weighted by atomic mass is 19.1. The van der Waals surface area contributed by atoms with Crippen molar-refractivity contribution in [3.8, 4) is 0 Å². The number of hydrogen-bond donors (Lipinski definition) is 1. The summed E-state index contributed by atoms with van der Waals surface area (Å²) in [4.78, 5) is 42.4. The molecular weight excluding hydrogens is 397 g/mol. The standard InChI is InChI=1S/C24H30FN3O3/c1-15(2)13-21(28-23(30)17-7-3-4-8-18(17)24(28)31)22(29)26-16-9-10-20(19(25)14-16)27-11-5-6-12-27/h3-4,9-10,14-15,17-18,21H,5-8,11-13H2,1-2H3,(H,26,29). The summed E-state index contributed by atoms with van der Waals surface area (Å²) >= 11 is 0. The zero-order valence-corrected chi connectivity index (χ0v) is 18.1. The number of allylic oxidation sites excluding steroid dienone is 2. The Morgan fingerprint density at radius 2 is 1.71 bits per heavy atom. The molecule has 3 unspecified atom stereocenters. The Morgan fingerprint density at radius 1 is 1.10 bits per heavy atom. The summed E-state index contributed by atoms with van der Waals surface area (Å²) in [6.45, 7) is 5.56. The van der Waals surface area contributed by atoms with Crippen molar-refractivity contribution < 1.29 is 18.8 Å². The molecule has 2 fully saturated rings. The van der Waals surface area contributed by atoms with Crippen molar-refractivity contribution in [3.63, 3.8) is 0 Å². The molecule has 3 atom stereocenters. The first-order valence-electron chi connectivity index (χ1n) is 11.2. The number of rotatable bonds is 6. The van der Waals surface area contributed by atoms with Crippen LogP contribution in [0.15, 0.2) is 30.4 Å². The van der Waals surface area contributed by atoms with E-state index in [0.29, 0.717) is 30.6 Å². The van der Waals surface area contributed by atoms with Crippen LogP contribution in [-0.2, 0) is 14.4 Å². The molecular formula is C24H30FN3O3. The van der Waals surface area contributed by atoms with Crippen LogP contribution in [0.4, 0.5) is 15.8 Å². The maximum atomic E-state index is 14.7. The highest BCUT2D eigenvalue weighted by Crippen LogP contribution is 2.37. The molecule has 2 heterocycles. The van der Waals surface area contributed by atoms with E-state index in [1.165, 1.54) is 11.0 Å². The first-order valence-corrected chi connectivity index (χ1v) is 11.2. The van der Waals surface area contributed by atoms with Crippen LogP contribution < -0.4 is 10.2 Å². The smallest absolute Gasteiger partial charge is 0.247 e. The van der Waals surface area contributed by atoms with E-state index in [4.69, 9.17) is 0 Å². The Labute approximate surface area is 182 Å². The summed E-state index contributed by atoms with van der Waals surface area (Å²) in [5.74, 6) is -2.02. The van der Waals surface area contributed by atoms with Gasteiger partial charge >= 0.3 is 0 Å². The molecule has 0 radical (unpaired) electrons. The average molecular weight is 428 g/mol. The van der Waals surface area contributed by atoms with Gasteiger partial charge in [-0.05, 0) is 56.2 Å². The number of hydrogen-bond acceptors (Lipinski definition) is 4. The van der Waals surface area contributed by atoms with E-state index in [1.807, 2.05) is 30.9 Å². The Morgan fingerprint density at radius 3 is 2.26 bits per heavy atom. The number of likely N-dealkylation sites (tertiary alicyclic amines) is 1. The fourth-order valence-corrected chi connectivity index (χ4v) is 4.93. The molecule has 1 aromatic carbocycles. The van der Waals surface area contributed by atoms with Crippen LogP contribution in [0.1, 0.15) is 46.0 Å². The molecule has 0 aromatic heterocycles. The predicted molar refractivity (Wildman–Crippen MR) is 117 cm³/mol. The van der Waals surface area contributed by atoms with Gasteiger partial charge in [0.2, 0.25) is 17.7 Å². The lowest BCUT2D eigenvalue weighted by Crippen LogP contribution is -2.48. The number of benzene rings is 1. The highest BCUT2D eigenvalue weighted by Gasteiger charge is 2.51. The Balaban J connectivity index is 1.53. The molecule has 1 aromatic rings. The third-order valence-electron chi connectivity index (χ3n) is 6.51. The largest absolute Gasteiger partial charge is 0.369 e. The van der Waals surface area contributed by atoms with E-state index >= 15 is 0 Å². The maximum Gasteiger partial charge on any atom is 0.247 e. The molecule has 0 saturated carbocycles. The minimum Gasteiger partial charge on any atom is -0.369 e. The van der Waals surface area contributed by atoms with Crippen molar-refractivity contribution in [1.82, 2.24) is 4.90 Å². The van der Waals surface area contributed by atoms with Crippen LogP contribution in [-0.4, -0.2) is 41.8 Å². The lowest BCUT2D eigenvalue weighted by Gasteiger charge is -2.27. The second-order valence-corrected chi connectivity index (χ2v) is 9.20. The Kier molecular flexibility index (Phi) is 6.12. The molecule has 0 bridgehead atoms. The summed E-state index contributed by atoms with van der Waals surface area (Å²) in [6.07, 6.45) is 7.38. The highest BCUT2D eigenvalue weighted by molar-refractivity contribution is 6.10. The number of nitrogens with one attached hydrogen (secondary N) is 1. The fraction of sp³-hybridized carbons (Fsp3) is 0.542. The molecule has 7 heteroatoms. The number of carbonyl (C=O) groups excluding carboxylic acids is 3. The predicted octanol–water partition coefficient (Wildman–Crippen LogP) is 3.73. The summed E-state index contributed by atoms with van der Waals surface area (Å²) in [7, 11) is 0. The van der Waals surface area contributed by atoms with Gasteiger partial charge in [0.25, 0.3) is 0 Å². The molecule has 31 heavy (non-hydrogen) atoms. The minimum absolute atomic E-state index is 0.103. The van der Waals surface area contributed by atoms with Gasteiger partial charge in [0.1, 0.15) is 11.9 Å². The average Bonchev–Trinajstić information content (AvgIpc) is 3.34. The summed E-state index contributed by atoms with van der Waals surface area (Å²) < 4.78 is 14.7. The summed E-state index contributed by atoms with van der Waals surface area (Å²) in [5.41, 5.74) is 0.869. The van der Waals surface area contributed by atoms with E-state index < -0.39 is 11.9 Å². The van der Waals surface area contributed by atoms with Crippen LogP contribution in [0.5, 0.6) is 0 Å². The number of imide groups is 1. The number of nitrogens with zero attached hydrogens (tertiary/aromatic N) is 2. The van der Waals surface area contributed by atoms with E-state index in [9.17, 15) is 18.8 Å². The van der Waals surface area contributed by atoms with E-state index in [1.54, 1.807) is 12.1 Å². The van der Waals surface area contributed by atoms with E-state index in [-0.39, 0.29) is 35.4 Å². The van der Waals surface area contributed by atoms with Crippen LogP contribution in [0.25, 0.3) is 0 Å². The van der Waals surface area contributed by atoms with Crippen LogP contribution in [0, 0.1) is 23.6 Å². The van der Waals surface area contributed by atoms with Crippen LogP contribution in [0.3, 0.4) is 0 Å². The molecule has 6 nitrogen and oxygen atoms in total. The van der Waals surface area contributed by atoms with Gasteiger partial charge < -0.3 is 10.2 Å². The van der Waals surface area contributed by atoms with Crippen molar-refractivity contribution in [3.05, 3.63) is 36.2 Å². The quantitative estimate of drug-likeness (QED) is 0.555. The number of amides is 3. The van der Waals surface area contributed by atoms with Gasteiger partial charge in [0.15, 0.2) is 0 Å². The summed E-state index contributed by atoms with van der Waals surface area (Å²) in [6, 6.07) is 3.78. The Hall–Kier alpha value is -2.70. The number of fused-ring (bicyclic) bond motifs is 1. The zero-order valence-electron chi connectivity index (χ0n) is 18.1. The van der Waals surface area contributed by atoms with Gasteiger partial charge in [0.05, 0.1) is 17.5 Å². The minimum atomic E-state index is -0.896. The Bertz CT molecular complexity index is 881. The molecule has 0 spiro atoms. The monoisotopic (exact) mass is 427 g/mol. The third kappa shape index (κ3) is 4.23. The molecule has 166 valence electrons. The van der Waals surface area contributed by atoms with Crippen LogP contribution in [0.2, 0.25) is 0 Å². The number of anilines is 2. The van der Waals surface area contributed by atoms with Gasteiger partial charge in [-0.2, -0.15) is 0 Å². The molecule has 1 aliphatic carbocycles. The zero-order chi connectivity index (χ0) is 22.1. The molecule has 1 N–H and O–H groups in total. The van der Waals surface area contributed by atoms with Crippen molar-refractivity contribution in [1.29, 1.82) is 0 Å². The lowest BCUT2D eigenvalue weighted by molar-refractivity contribution is -0.147. The molecule has 4 rings (SSSR count). The normalized spacial score (nSPS) is 24.1. The molecule has 3 aliphatic rings. The fourth-order valence-electron chi connectivity index (χ4n) is 4.93. The second kappa shape index (κ2) is 8.81. The van der Waals surface area contributed by atoms with Gasteiger partial charge in [-0.25, -0.2) is 4.39 Å². The second-order valence-electron chi connectivity index (χ2n) is 9.20. The molecule has 2 aliphatic heterocycles. The van der Waals surface area contributed by atoms with Crippen molar-refractivity contribution in [2.24, 2.45) is 17.8 Å². The van der Waals surface area contributed by atoms with Crippen molar-refractivity contribution >= 4 is 29.1 Å². The SMILES string of the molecule is CC(C)CC(C(=O)Nc1ccc(N2CCCC2)c(F)c1)N1C(=O)C2CC=CCC2C1=O. The lowest BCUT2D eigenvalue weighted by atomic mass is 9.85. The van der Waals surface area contributed by atoms with Gasteiger partial charge in [-0.1, -0.05) is 26.0 Å². The van der Waals surface area contributed by atoms with Gasteiger partial charge in [-0.3, -0.25) is 19.3 Å². The molecule has 3 amide bonds. The topological polar surface area (TPSA) is 69.7 Å². The first kappa shape index (κ1) is 21.5. The van der Waals surface area contributed by atoms with Gasteiger partial charge in [0, 0.05) is 18.8 Å². The van der Waals surface area contributed by atoms with Crippen molar-refractivity contribution in [2.75, 3.05) is 23.3 Å². The third-order valence-corrected chi connectivity index (χ3v) is 6.51. The van der Waals surface area contributed by atoms with Crippen LogP contribution >= 0.6 is 0 Å². The number of halogens is 1. The van der Waals surface area contributed by atoms with E-state index in [0.717, 1.165) is 25.9 Å². The van der Waals surface area contributed by atoms with Gasteiger partial charge in [-0.15, -0.1) is 0 Å². The first-order chi connectivity index (χ1) is 14.9.